The van der Waals surface area contributed by atoms with Gasteiger partial charge in [0.15, 0.2) is 0 Å². The Morgan fingerprint density at radius 2 is 1.54 bits per heavy atom. The Balaban J connectivity index is 1.39. The molecule has 0 bridgehead atoms. The van der Waals surface area contributed by atoms with E-state index in [1.54, 1.807) is 42.5 Å². The lowest BCUT2D eigenvalue weighted by atomic mass is 10.1. The third-order valence-corrected chi connectivity index (χ3v) is 5.47. The molecule has 0 amide bonds. The third-order valence-electron chi connectivity index (χ3n) is 5.47. The highest BCUT2D eigenvalue weighted by molar-refractivity contribution is 5.91. The molecule has 0 saturated carbocycles. The number of carbonyl (C=O) groups is 2. The van der Waals surface area contributed by atoms with Crippen LogP contribution in [-0.2, 0) is 16.0 Å². The van der Waals surface area contributed by atoms with Crippen LogP contribution in [0.4, 0.5) is 24.5 Å². The number of ether oxygens (including phenoxy) is 3. The van der Waals surface area contributed by atoms with E-state index in [9.17, 15) is 22.8 Å². The van der Waals surface area contributed by atoms with Crippen LogP contribution in [-0.4, -0.2) is 31.3 Å². The first-order valence-corrected chi connectivity index (χ1v) is 12.2. The quantitative estimate of drug-likeness (QED) is 0.0951. The lowest BCUT2D eigenvalue weighted by Crippen LogP contribution is -2.10. The fraction of sp³-hybridized carbons (Fsp3) is 0.241. The van der Waals surface area contributed by atoms with Gasteiger partial charge < -0.3 is 25.7 Å². The number of nitrogen functional groups attached to an aromatic ring is 2. The molecule has 0 unspecified atom stereocenters. The SMILES string of the molecule is Nc1ccc(CCCOC(=O)/C=C/c2ccc(OC(=O)c3ccc(OCCCC(F)(F)F)cc3)cc2)c(N)c1. The van der Waals surface area contributed by atoms with Gasteiger partial charge in [-0.15, -0.1) is 0 Å². The molecule has 3 aromatic carbocycles. The van der Waals surface area contributed by atoms with Gasteiger partial charge in [0.1, 0.15) is 11.5 Å². The molecule has 3 aromatic rings. The minimum Gasteiger partial charge on any atom is -0.494 e. The van der Waals surface area contributed by atoms with Crippen molar-refractivity contribution in [3.8, 4) is 11.5 Å². The maximum absolute atomic E-state index is 12.4. The highest BCUT2D eigenvalue weighted by atomic mass is 19.4. The number of hydrogen-bond donors (Lipinski definition) is 2. The zero-order chi connectivity index (χ0) is 28.3. The van der Waals surface area contributed by atoms with Crippen molar-refractivity contribution in [2.45, 2.75) is 31.9 Å². The molecule has 0 saturated heterocycles. The molecule has 0 aliphatic carbocycles. The number of hydrogen-bond acceptors (Lipinski definition) is 7. The number of aryl methyl sites for hydroxylation is 1. The topological polar surface area (TPSA) is 114 Å². The second kappa shape index (κ2) is 13.9. The van der Waals surface area contributed by atoms with Crippen molar-refractivity contribution in [1.82, 2.24) is 0 Å². The molecule has 4 N–H and O–H groups in total. The fourth-order valence-corrected chi connectivity index (χ4v) is 3.45. The van der Waals surface area contributed by atoms with Crippen LogP contribution in [0.25, 0.3) is 6.08 Å². The first-order chi connectivity index (χ1) is 18.6. The predicted molar refractivity (Wildman–Crippen MR) is 142 cm³/mol. The molecular weight excluding hydrogens is 513 g/mol. The number of esters is 2. The molecule has 0 fully saturated rings. The Kier molecular flexibility index (Phi) is 10.4. The molecule has 0 atom stereocenters. The van der Waals surface area contributed by atoms with E-state index in [-0.39, 0.29) is 25.2 Å². The largest absolute Gasteiger partial charge is 0.494 e. The molecule has 3 rings (SSSR count). The number of benzene rings is 3. The van der Waals surface area contributed by atoms with Crippen LogP contribution in [0.1, 0.15) is 40.7 Å². The summed E-state index contributed by atoms with van der Waals surface area (Å²) in [5, 5.41) is 0. The zero-order valence-corrected chi connectivity index (χ0v) is 21.1. The zero-order valence-electron chi connectivity index (χ0n) is 21.1. The Morgan fingerprint density at radius 1 is 0.846 bits per heavy atom. The summed E-state index contributed by atoms with van der Waals surface area (Å²) < 4.78 is 52.3. The Bertz CT molecular complexity index is 1270. The van der Waals surface area contributed by atoms with E-state index in [1.165, 1.54) is 30.3 Å². The van der Waals surface area contributed by atoms with Gasteiger partial charge in [-0.3, -0.25) is 0 Å². The molecule has 39 heavy (non-hydrogen) atoms. The summed E-state index contributed by atoms with van der Waals surface area (Å²) in [6.07, 6.45) is -1.12. The van der Waals surface area contributed by atoms with Gasteiger partial charge in [-0.25, -0.2) is 9.59 Å². The van der Waals surface area contributed by atoms with Crippen LogP contribution in [0.2, 0.25) is 0 Å². The summed E-state index contributed by atoms with van der Waals surface area (Å²) in [5.41, 5.74) is 14.7. The van der Waals surface area contributed by atoms with Gasteiger partial charge in [-0.2, -0.15) is 13.2 Å². The van der Waals surface area contributed by atoms with Crippen LogP contribution >= 0.6 is 0 Å². The lowest BCUT2D eigenvalue weighted by molar-refractivity contribution is -0.138. The standard InChI is InChI=1S/C29H29F3N2O5/c30-29(31,32)16-2-18-37-24-13-8-22(9-14-24)28(36)39-25-11-4-20(5-12-25)6-15-27(35)38-17-1-3-21-7-10-23(33)19-26(21)34/h4-15,19H,1-3,16-18,33-34H2/b15-6+. The molecule has 0 spiro atoms. The van der Waals surface area contributed by atoms with E-state index in [2.05, 4.69) is 0 Å². The van der Waals surface area contributed by atoms with Crippen LogP contribution in [0.3, 0.4) is 0 Å². The van der Waals surface area contributed by atoms with Crippen molar-refractivity contribution in [3.05, 3.63) is 89.5 Å². The summed E-state index contributed by atoms with van der Waals surface area (Å²) in [7, 11) is 0. The molecule has 7 nitrogen and oxygen atoms in total. The van der Waals surface area contributed by atoms with Gasteiger partial charge in [0.05, 0.1) is 18.8 Å². The van der Waals surface area contributed by atoms with Crippen LogP contribution in [0.15, 0.2) is 72.8 Å². The Morgan fingerprint density at radius 3 is 2.21 bits per heavy atom. The average molecular weight is 543 g/mol. The second-order valence-corrected chi connectivity index (χ2v) is 8.61. The number of carbonyl (C=O) groups excluding carboxylic acids is 2. The predicted octanol–water partition coefficient (Wildman–Crippen LogP) is 5.98. The number of rotatable bonds is 12. The minimum atomic E-state index is -4.22. The van der Waals surface area contributed by atoms with Crippen molar-refractivity contribution in [2.24, 2.45) is 0 Å². The number of anilines is 2. The number of alkyl halides is 3. The maximum Gasteiger partial charge on any atom is 0.389 e. The van der Waals surface area contributed by atoms with Gasteiger partial charge in [-0.1, -0.05) is 18.2 Å². The monoisotopic (exact) mass is 542 g/mol. The van der Waals surface area contributed by atoms with Gasteiger partial charge >= 0.3 is 18.1 Å². The van der Waals surface area contributed by atoms with Crippen LogP contribution in [0, 0.1) is 0 Å². The number of nitrogens with two attached hydrogens (primary N) is 2. The van der Waals surface area contributed by atoms with E-state index in [1.807, 2.05) is 6.07 Å². The molecule has 0 aliphatic heterocycles. The molecule has 0 aliphatic rings. The minimum absolute atomic E-state index is 0.0815. The third kappa shape index (κ3) is 10.4. The van der Waals surface area contributed by atoms with Crippen molar-refractivity contribution in [2.75, 3.05) is 24.7 Å². The van der Waals surface area contributed by atoms with E-state index < -0.39 is 24.5 Å². The molecule has 0 radical (unpaired) electrons. The first kappa shape index (κ1) is 29.1. The highest BCUT2D eigenvalue weighted by Crippen LogP contribution is 2.22. The summed E-state index contributed by atoms with van der Waals surface area (Å²) in [5.74, 6) is -0.432. The molecule has 0 heterocycles. The summed E-state index contributed by atoms with van der Waals surface area (Å²) in [4.78, 5) is 24.3. The summed E-state index contributed by atoms with van der Waals surface area (Å²) >= 11 is 0. The maximum atomic E-state index is 12.4. The summed E-state index contributed by atoms with van der Waals surface area (Å²) in [6.45, 7) is 0.162. The molecule has 10 heteroatoms. The van der Waals surface area contributed by atoms with Crippen molar-refractivity contribution in [1.29, 1.82) is 0 Å². The highest BCUT2D eigenvalue weighted by Gasteiger charge is 2.26. The van der Waals surface area contributed by atoms with Crippen molar-refractivity contribution in [3.63, 3.8) is 0 Å². The summed E-state index contributed by atoms with van der Waals surface area (Å²) in [6, 6.07) is 17.8. The normalized spacial score (nSPS) is 11.4. The van der Waals surface area contributed by atoms with Crippen molar-refractivity contribution >= 4 is 29.4 Å². The number of halogens is 3. The second-order valence-electron chi connectivity index (χ2n) is 8.61. The van der Waals surface area contributed by atoms with Crippen LogP contribution in [0.5, 0.6) is 11.5 Å². The van der Waals surface area contributed by atoms with E-state index in [0.717, 1.165) is 5.56 Å². The average Bonchev–Trinajstić information content (AvgIpc) is 2.89. The first-order valence-electron chi connectivity index (χ1n) is 12.2. The van der Waals surface area contributed by atoms with Gasteiger partial charge in [0, 0.05) is 23.9 Å². The molecule has 206 valence electrons. The van der Waals surface area contributed by atoms with E-state index in [0.29, 0.717) is 41.3 Å². The molecular formula is C29H29F3N2O5. The van der Waals surface area contributed by atoms with Gasteiger partial charge in [0.25, 0.3) is 0 Å². The van der Waals surface area contributed by atoms with E-state index >= 15 is 0 Å². The van der Waals surface area contributed by atoms with Gasteiger partial charge in [-0.05, 0) is 85.0 Å². The van der Waals surface area contributed by atoms with Gasteiger partial charge in [0.2, 0.25) is 0 Å². The van der Waals surface area contributed by atoms with Crippen molar-refractivity contribution < 1.29 is 37.0 Å². The fourth-order valence-electron chi connectivity index (χ4n) is 3.45. The van der Waals surface area contributed by atoms with E-state index in [4.69, 9.17) is 25.7 Å². The van der Waals surface area contributed by atoms with Crippen LogP contribution < -0.4 is 20.9 Å². The Labute approximate surface area is 224 Å². The Hall–Kier alpha value is -4.47. The lowest BCUT2D eigenvalue weighted by Gasteiger charge is -2.09. The molecule has 0 aromatic heterocycles. The smallest absolute Gasteiger partial charge is 0.389 e.